The number of benzene rings is 2. The Hall–Kier alpha value is -3.13. The molecule has 1 atom stereocenters. The predicted octanol–water partition coefficient (Wildman–Crippen LogP) is 8.05. The second-order valence-corrected chi connectivity index (χ2v) is 11.3. The molecule has 0 spiro atoms. The largest absolute Gasteiger partial charge is 0.444 e. The molecule has 10 heteroatoms. The molecule has 196 valence electrons. The molecule has 0 fully saturated rings. The predicted molar refractivity (Wildman–Crippen MR) is 147 cm³/mol. The molecule has 1 aliphatic rings. The molecule has 0 aliphatic carbocycles. The first kappa shape index (κ1) is 26.5. The van der Waals surface area contributed by atoms with Crippen molar-refractivity contribution in [3.05, 3.63) is 93.1 Å². The number of nitrogens with zero attached hydrogens (tertiary/aromatic N) is 4. The van der Waals surface area contributed by atoms with E-state index in [0.29, 0.717) is 27.0 Å². The smallest absolute Gasteiger partial charge is 0.410 e. The molecule has 0 saturated carbocycles. The van der Waals surface area contributed by atoms with E-state index in [9.17, 15) is 4.79 Å². The number of hydrogen-bond donors (Lipinski definition) is 0. The molecule has 6 nitrogen and oxygen atoms in total. The van der Waals surface area contributed by atoms with Crippen molar-refractivity contribution in [3.63, 3.8) is 0 Å². The van der Waals surface area contributed by atoms with Crippen molar-refractivity contribution in [1.29, 1.82) is 0 Å². The summed E-state index contributed by atoms with van der Waals surface area (Å²) in [7, 11) is 0. The highest BCUT2D eigenvalue weighted by Crippen LogP contribution is 2.42. The van der Waals surface area contributed by atoms with Gasteiger partial charge in [0.25, 0.3) is 0 Å². The molecule has 5 rings (SSSR count). The maximum absolute atomic E-state index is 15.2. The van der Waals surface area contributed by atoms with Crippen LogP contribution in [0.3, 0.4) is 0 Å². The standard InChI is InChI=1S/C28H24Cl3FN4O2/c1-28(2,3)38-27(37)35-14-23(19-6-4-17(29)12-21(19)31)36-24(15-35)25(16-8-10-33-11-9-16)26(34-36)20-7-5-18(30)13-22(20)32/h4-13,23H,14-15H2,1-3H3. The van der Waals surface area contributed by atoms with E-state index < -0.39 is 23.6 Å². The SMILES string of the molecule is CC(C)(C)OC(=O)N1Cc2c(-c3ccncc3)c(-c3ccc(Cl)cc3F)nn2C(c2ccc(Cl)cc2Cl)C1. The Morgan fingerprint density at radius 3 is 2.37 bits per heavy atom. The fourth-order valence-electron chi connectivity index (χ4n) is 4.57. The Labute approximate surface area is 234 Å². The molecular formula is C28H24Cl3FN4O2. The minimum Gasteiger partial charge on any atom is -0.444 e. The van der Waals surface area contributed by atoms with Gasteiger partial charge in [-0.1, -0.05) is 40.9 Å². The summed E-state index contributed by atoms with van der Waals surface area (Å²) in [6.45, 7) is 5.88. The summed E-state index contributed by atoms with van der Waals surface area (Å²) >= 11 is 18.9. The summed E-state index contributed by atoms with van der Waals surface area (Å²) < 4.78 is 22.8. The molecule has 0 bridgehead atoms. The summed E-state index contributed by atoms with van der Waals surface area (Å²) in [5.41, 5.74) is 2.89. The van der Waals surface area contributed by atoms with Crippen LogP contribution in [0.5, 0.6) is 0 Å². The number of pyridine rings is 1. The van der Waals surface area contributed by atoms with Gasteiger partial charge in [0.1, 0.15) is 17.1 Å². The van der Waals surface area contributed by atoms with E-state index in [-0.39, 0.29) is 23.7 Å². The van der Waals surface area contributed by atoms with Gasteiger partial charge >= 0.3 is 6.09 Å². The van der Waals surface area contributed by atoms with Crippen molar-refractivity contribution in [2.24, 2.45) is 0 Å². The van der Waals surface area contributed by atoms with Gasteiger partial charge in [-0.15, -0.1) is 0 Å². The lowest BCUT2D eigenvalue weighted by atomic mass is 9.97. The van der Waals surface area contributed by atoms with E-state index in [1.807, 2.05) is 43.7 Å². The first-order valence-corrected chi connectivity index (χ1v) is 13.1. The minimum absolute atomic E-state index is 0.191. The van der Waals surface area contributed by atoms with Gasteiger partial charge in [0, 0.05) is 38.6 Å². The van der Waals surface area contributed by atoms with Crippen LogP contribution in [0.1, 0.15) is 38.1 Å². The van der Waals surface area contributed by atoms with Crippen LogP contribution in [-0.4, -0.2) is 37.9 Å². The van der Waals surface area contributed by atoms with E-state index >= 15 is 4.39 Å². The zero-order chi connectivity index (χ0) is 27.2. The molecule has 1 amide bonds. The number of halogens is 4. The summed E-state index contributed by atoms with van der Waals surface area (Å²) in [5.74, 6) is -0.506. The van der Waals surface area contributed by atoms with Gasteiger partial charge in [0.05, 0.1) is 24.8 Å². The van der Waals surface area contributed by atoms with Crippen molar-refractivity contribution in [2.75, 3.05) is 6.54 Å². The normalized spacial score (nSPS) is 15.3. The highest BCUT2D eigenvalue weighted by Gasteiger charge is 2.37. The Bertz CT molecular complexity index is 1520. The second kappa shape index (κ2) is 10.2. The van der Waals surface area contributed by atoms with Gasteiger partial charge in [-0.3, -0.25) is 14.6 Å². The lowest BCUT2D eigenvalue weighted by Gasteiger charge is -2.36. The van der Waals surface area contributed by atoms with Crippen molar-refractivity contribution in [2.45, 2.75) is 39.0 Å². The van der Waals surface area contributed by atoms with Crippen LogP contribution in [0.2, 0.25) is 15.1 Å². The number of carbonyl (C=O) groups is 1. The lowest BCUT2D eigenvalue weighted by molar-refractivity contribution is 0.0176. The molecule has 0 radical (unpaired) electrons. The zero-order valence-corrected chi connectivity index (χ0v) is 23.2. The monoisotopic (exact) mass is 572 g/mol. The number of hydrogen-bond acceptors (Lipinski definition) is 4. The van der Waals surface area contributed by atoms with Crippen LogP contribution in [-0.2, 0) is 11.3 Å². The maximum atomic E-state index is 15.2. The Morgan fingerprint density at radius 1 is 1.03 bits per heavy atom. The van der Waals surface area contributed by atoms with Gasteiger partial charge in [0.15, 0.2) is 0 Å². The first-order valence-electron chi connectivity index (χ1n) is 11.9. The zero-order valence-electron chi connectivity index (χ0n) is 20.9. The van der Waals surface area contributed by atoms with E-state index in [4.69, 9.17) is 44.6 Å². The van der Waals surface area contributed by atoms with E-state index in [0.717, 1.165) is 11.1 Å². The third-order valence-electron chi connectivity index (χ3n) is 6.17. The van der Waals surface area contributed by atoms with E-state index in [1.165, 1.54) is 6.07 Å². The first-order chi connectivity index (χ1) is 18.0. The third kappa shape index (κ3) is 5.23. The molecular weight excluding hydrogens is 550 g/mol. The average molecular weight is 574 g/mol. The highest BCUT2D eigenvalue weighted by molar-refractivity contribution is 6.35. The highest BCUT2D eigenvalue weighted by atomic mass is 35.5. The van der Waals surface area contributed by atoms with Crippen molar-refractivity contribution in [1.82, 2.24) is 19.7 Å². The second-order valence-electron chi connectivity index (χ2n) is 10.0. The number of carbonyl (C=O) groups excluding carboxylic acids is 1. The van der Waals surface area contributed by atoms with Crippen LogP contribution in [0, 0.1) is 5.82 Å². The van der Waals surface area contributed by atoms with Crippen molar-refractivity contribution in [3.8, 4) is 22.4 Å². The number of fused-ring (bicyclic) bond motifs is 1. The molecule has 2 aromatic carbocycles. The summed E-state index contributed by atoms with van der Waals surface area (Å²) in [4.78, 5) is 19.0. The molecule has 0 N–H and O–H groups in total. The van der Waals surface area contributed by atoms with Crippen LogP contribution in [0.25, 0.3) is 22.4 Å². The average Bonchev–Trinajstić information content (AvgIpc) is 3.22. The van der Waals surface area contributed by atoms with Crippen molar-refractivity contribution < 1.29 is 13.9 Å². The summed E-state index contributed by atoms with van der Waals surface area (Å²) in [5, 5.41) is 6.12. The molecule has 3 heterocycles. The van der Waals surface area contributed by atoms with Gasteiger partial charge < -0.3 is 4.74 Å². The van der Waals surface area contributed by atoms with E-state index in [2.05, 4.69) is 4.98 Å². The van der Waals surface area contributed by atoms with Gasteiger partial charge in [-0.25, -0.2) is 9.18 Å². The lowest BCUT2D eigenvalue weighted by Crippen LogP contribution is -2.44. The fourth-order valence-corrected chi connectivity index (χ4v) is 5.26. The molecule has 2 aromatic heterocycles. The Kier molecular flexibility index (Phi) is 7.11. The number of ether oxygens (including phenoxy) is 1. The molecule has 4 aromatic rings. The summed E-state index contributed by atoms with van der Waals surface area (Å²) in [6.07, 6.45) is 2.84. The fraction of sp³-hybridized carbons (Fsp3) is 0.250. The van der Waals surface area contributed by atoms with Crippen molar-refractivity contribution >= 4 is 40.9 Å². The third-order valence-corrected chi connectivity index (χ3v) is 6.96. The number of aromatic nitrogens is 3. The van der Waals surface area contributed by atoms with Crippen LogP contribution in [0.15, 0.2) is 60.9 Å². The van der Waals surface area contributed by atoms with Gasteiger partial charge in [-0.05, 0) is 74.4 Å². The Morgan fingerprint density at radius 2 is 1.71 bits per heavy atom. The molecule has 0 saturated heterocycles. The Balaban J connectivity index is 1.76. The van der Waals surface area contributed by atoms with Crippen LogP contribution >= 0.6 is 34.8 Å². The van der Waals surface area contributed by atoms with E-state index in [1.54, 1.807) is 41.6 Å². The summed E-state index contributed by atoms with van der Waals surface area (Å²) in [6, 6.07) is 12.8. The number of amides is 1. The topological polar surface area (TPSA) is 60.2 Å². The van der Waals surface area contributed by atoms with Crippen LogP contribution < -0.4 is 0 Å². The molecule has 38 heavy (non-hydrogen) atoms. The quantitative estimate of drug-likeness (QED) is 0.249. The molecule has 1 aliphatic heterocycles. The number of rotatable bonds is 3. The van der Waals surface area contributed by atoms with Gasteiger partial charge in [-0.2, -0.15) is 5.10 Å². The van der Waals surface area contributed by atoms with Crippen LogP contribution in [0.4, 0.5) is 9.18 Å². The minimum atomic E-state index is -0.687. The van der Waals surface area contributed by atoms with Gasteiger partial charge in [0.2, 0.25) is 0 Å². The maximum Gasteiger partial charge on any atom is 0.410 e. The molecule has 1 unspecified atom stereocenters.